The number of aromatic nitrogens is 5. The predicted molar refractivity (Wildman–Crippen MR) is 158 cm³/mol. The first-order valence-corrected chi connectivity index (χ1v) is 16.1. The highest BCUT2D eigenvalue weighted by atomic mass is 127. The molecule has 3 aromatic heterocycles. The van der Waals surface area contributed by atoms with Gasteiger partial charge in [-0.25, -0.2) is 23.7 Å². The summed E-state index contributed by atoms with van der Waals surface area (Å²) in [5.41, 5.74) is 3.30. The average molecular weight is 657 g/mol. The monoisotopic (exact) mass is 657 g/mol. The number of hydrogen-bond acceptors (Lipinski definition) is 6. The molecule has 1 fully saturated rings. The normalized spacial score (nSPS) is 12.7. The first-order chi connectivity index (χ1) is 18.4. The van der Waals surface area contributed by atoms with Crippen LogP contribution < -0.4 is 15.4 Å². The number of benzene rings is 1. The molecule has 0 saturated heterocycles. The number of anilines is 3. The molecule has 0 spiro atoms. The third kappa shape index (κ3) is 6.96. The summed E-state index contributed by atoms with van der Waals surface area (Å²) < 4.78 is 35.9. The molecule has 1 aliphatic rings. The highest BCUT2D eigenvalue weighted by Gasteiger charge is 2.23. The number of alkyl halides is 2. The molecule has 1 atom stereocenters. The lowest BCUT2D eigenvalue weighted by molar-refractivity contribution is -0.105. The van der Waals surface area contributed by atoms with E-state index in [1.807, 2.05) is 65.7 Å². The molecule has 5 rings (SSSR count). The molecule has 1 amide bonds. The zero-order valence-corrected chi connectivity index (χ0v) is 25.0. The van der Waals surface area contributed by atoms with E-state index in [0.717, 1.165) is 17.2 Å². The summed E-state index contributed by atoms with van der Waals surface area (Å²) in [7, 11) is 3.43. The number of methoxy groups -OCH3 is 1. The number of carbonyl (C=O) groups is 1. The molecular weight excluding hydrogens is 626 g/mol. The number of nitrogens with one attached hydrogen (secondary N) is 2. The minimum atomic E-state index is -2.77. The molecule has 0 aliphatic heterocycles. The fraction of sp³-hybridized carbons (Fsp3) is 0.360. The van der Waals surface area contributed by atoms with Crippen LogP contribution in [-0.2, 0) is 11.8 Å². The van der Waals surface area contributed by atoms with E-state index in [-0.39, 0.29) is 29.2 Å². The smallest absolute Gasteiger partial charge is 0.295 e. The second kappa shape index (κ2) is 13.8. The first kappa shape index (κ1) is 29.7. The largest absolute Gasteiger partial charge is 0.495 e. The van der Waals surface area contributed by atoms with Crippen molar-refractivity contribution < 1.29 is 18.3 Å². The van der Waals surface area contributed by atoms with Crippen LogP contribution >= 0.6 is 28.4 Å². The highest BCUT2D eigenvalue weighted by Crippen LogP contribution is 2.39. The number of carbonyl (C=O) groups excluding carboxylic acids is 1. The fourth-order valence-electron chi connectivity index (χ4n) is 3.42. The molecule has 1 saturated carbocycles. The van der Waals surface area contributed by atoms with E-state index in [2.05, 4.69) is 32.5 Å². The molecule has 4 aromatic rings. The quantitative estimate of drug-likeness (QED) is 0.117. The Morgan fingerprint density at radius 3 is 2.45 bits per heavy atom. The van der Waals surface area contributed by atoms with Crippen LogP contribution in [0.2, 0.25) is 0 Å². The number of pyridine rings is 1. The van der Waals surface area contributed by atoms with Crippen LogP contribution in [0.3, 0.4) is 0 Å². The number of hydrogen-bond donors (Lipinski definition) is 2. The maximum atomic E-state index is 13.6. The van der Waals surface area contributed by atoms with E-state index in [9.17, 15) is 13.6 Å². The molecule has 2 N–H and O–H groups in total. The number of rotatable bonds is 8. The number of nitrogens with zero attached hydrogens (tertiary/aromatic N) is 5. The molecule has 3 heterocycles. The summed E-state index contributed by atoms with van der Waals surface area (Å²) in [5, 5.41) is 5.67. The van der Waals surface area contributed by atoms with Gasteiger partial charge in [0.25, 0.3) is 6.43 Å². The lowest BCUT2D eigenvalue weighted by Crippen LogP contribution is -2.02. The molecule has 13 heteroatoms. The third-order valence-electron chi connectivity index (χ3n) is 5.58. The van der Waals surface area contributed by atoms with Crippen LogP contribution in [0.25, 0.3) is 22.4 Å². The Labute approximate surface area is 235 Å². The molecule has 38 heavy (non-hydrogen) atoms. The van der Waals surface area contributed by atoms with Gasteiger partial charge in [0.15, 0.2) is 11.5 Å². The van der Waals surface area contributed by atoms with Gasteiger partial charge in [0.1, 0.15) is 17.1 Å². The van der Waals surface area contributed by atoms with Gasteiger partial charge < -0.3 is 19.9 Å². The van der Waals surface area contributed by atoms with Crippen molar-refractivity contribution in [3.8, 4) is 17.0 Å². The Balaban J connectivity index is 0.000000598. The molecule has 1 aromatic carbocycles. The molecule has 9 nitrogen and oxygen atoms in total. The van der Waals surface area contributed by atoms with Gasteiger partial charge in [-0.15, -0.1) is 0 Å². The Morgan fingerprint density at radius 1 is 1.21 bits per heavy atom. The summed E-state index contributed by atoms with van der Waals surface area (Å²) >= 11 is 1.99. The minimum absolute atomic E-state index is 0.0508. The molecular formula is C25H31F2IN7O2P. The van der Waals surface area contributed by atoms with Gasteiger partial charge in [0.2, 0.25) is 6.41 Å². The van der Waals surface area contributed by atoms with Gasteiger partial charge in [-0.1, -0.05) is 39.7 Å². The van der Waals surface area contributed by atoms with Crippen molar-refractivity contribution in [2.45, 2.75) is 40.0 Å². The molecule has 1 aliphatic carbocycles. The second-order valence-corrected chi connectivity index (χ2v) is 10.4. The SMILES string of the molecule is CC.CC1CC1.COc1cc(-c2cncn2C)ccc1Nc1cc(NC=O)nc2c1nc(C(F)F)n2PI. The standard InChI is InChI=1S/C19H17F2IN7O2P.C4H8.C2H6/c1-28-8-23-7-13(28)10-3-4-11(14(5-10)31-2)25-12-6-15(24-9-30)26-18-16(12)27-19(17(20)21)29(18)32-22;1-4-2-3-4;1-2/h3-9,17,32H,1-2H3,(H2,24,25,26,30);4H,2-3H2,1H3;1-2H3. The zero-order valence-electron chi connectivity index (χ0n) is 21.8. The van der Waals surface area contributed by atoms with Crippen molar-refractivity contribution in [3.05, 3.63) is 42.6 Å². The number of aryl methyl sites for hydroxylation is 1. The maximum Gasteiger partial charge on any atom is 0.295 e. The lowest BCUT2D eigenvalue weighted by atomic mass is 10.1. The molecule has 0 bridgehead atoms. The maximum absolute atomic E-state index is 13.6. The summed E-state index contributed by atoms with van der Waals surface area (Å²) in [5.74, 6) is 1.44. The highest BCUT2D eigenvalue weighted by molar-refractivity contribution is 14.2. The van der Waals surface area contributed by atoms with E-state index >= 15 is 0 Å². The third-order valence-corrected chi connectivity index (χ3v) is 7.63. The number of ether oxygens (including phenoxy) is 1. The average Bonchev–Trinajstić information content (AvgIpc) is 3.42. The van der Waals surface area contributed by atoms with Gasteiger partial charge in [0.05, 0.1) is 43.1 Å². The molecule has 204 valence electrons. The Kier molecular flexibility index (Phi) is 10.8. The topological polar surface area (TPSA) is 98.9 Å². The van der Waals surface area contributed by atoms with Crippen LogP contribution in [0.4, 0.5) is 26.0 Å². The lowest BCUT2D eigenvalue weighted by Gasteiger charge is -2.14. The Morgan fingerprint density at radius 2 is 1.92 bits per heavy atom. The number of halogens is 3. The summed E-state index contributed by atoms with van der Waals surface area (Å²) in [6.45, 7) is 6.28. The van der Waals surface area contributed by atoms with Crippen LogP contribution in [0.1, 0.15) is 45.9 Å². The molecule has 1 unspecified atom stereocenters. The van der Waals surface area contributed by atoms with E-state index in [4.69, 9.17) is 4.74 Å². The fourth-order valence-corrected chi connectivity index (χ4v) is 5.32. The van der Waals surface area contributed by atoms with Crippen molar-refractivity contribution in [1.29, 1.82) is 0 Å². The van der Waals surface area contributed by atoms with E-state index in [0.29, 0.717) is 23.5 Å². The summed E-state index contributed by atoms with van der Waals surface area (Å²) in [4.78, 5) is 23.5. The van der Waals surface area contributed by atoms with Crippen LogP contribution in [-0.4, -0.2) is 37.4 Å². The Bertz CT molecular complexity index is 1380. The van der Waals surface area contributed by atoms with Gasteiger partial charge in [-0.05, 0) is 40.1 Å². The molecule has 0 radical (unpaired) electrons. The second-order valence-electron chi connectivity index (χ2n) is 8.29. The van der Waals surface area contributed by atoms with Crippen molar-refractivity contribution in [2.75, 3.05) is 17.7 Å². The first-order valence-electron chi connectivity index (χ1n) is 12.1. The van der Waals surface area contributed by atoms with Crippen LogP contribution in [0.15, 0.2) is 36.8 Å². The summed E-state index contributed by atoms with van der Waals surface area (Å²) in [6.07, 6.45) is 4.07. The van der Waals surface area contributed by atoms with Crippen LogP contribution in [0.5, 0.6) is 5.75 Å². The Hall–Kier alpha value is -2.86. The predicted octanol–water partition coefficient (Wildman–Crippen LogP) is 7.32. The van der Waals surface area contributed by atoms with Crippen molar-refractivity contribution in [3.63, 3.8) is 0 Å². The van der Waals surface area contributed by atoms with E-state index in [1.165, 1.54) is 30.4 Å². The zero-order chi connectivity index (χ0) is 27.8. The van der Waals surface area contributed by atoms with Crippen LogP contribution in [0, 0.1) is 5.92 Å². The number of imidazole rings is 2. The van der Waals surface area contributed by atoms with Crippen molar-refractivity contribution >= 4 is 63.2 Å². The van der Waals surface area contributed by atoms with Gasteiger partial charge >= 0.3 is 0 Å². The van der Waals surface area contributed by atoms with Gasteiger partial charge in [-0.2, -0.15) is 0 Å². The van der Waals surface area contributed by atoms with E-state index < -0.39 is 6.43 Å². The number of fused-ring (bicyclic) bond motifs is 1. The van der Waals surface area contributed by atoms with Crippen molar-refractivity contribution in [2.24, 2.45) is 13.0 Å². The van der Waals surface area contributed by atoms with Gasteiger partial charge in [0, 0.05) is 18.7 Å². The van der Waals surface area contributed by atoms with Crippen molar-refractivity contribution in [1.82, 2.24) is 23.9 Å². The summed E-state index contributed by atoms with van der Waals surface area (Å²) in [6, 6.07) is 7.08. The van der Waals surface area contributed by atoms with Gasteiger partial charge in [-0.3, -0.25) is 9.13 Å². The van der Waals surface area contributed by atoms with E-state index in [1.54, 1.807) is 12.5 Å². The minimum Gasteiger partial charge on any atom is -0.495 e. The number of amides is 1.